The molecular weight excluding hydrogens is 412 g/mol. The van der Waals surface area contributed by atoms with Gasteiger partial charge in [0.1, 0.15) is 11.5 Å². The van der Waals surface area contributed by atoms with Crippen molar-refractivity contribution in [1.29, 1.82) is 0 Å². The van der Waals surface area contributed by atoms with E-state index in [1.165, 1.54) is 42.8 Å². The molecule has 156 valence electrons. The lowest BCUT2D eigenvalue weighted by Crippen LogP contribution is -2.07. The van der Waals surface area contributed by atoms with Gasteiger partial charge in [0.15, 0.2) is 23.1 Å². The molecule has 0 saturated carbocycles. The number of aromatic nitrogens is 2. The maximum atomic E-state index is 14.5. The van der Waals surface area contributed by atoms with Gasteiger partial charge < -0.3 is 14.6 Å². The van der Waals surface area contributed by atoms with Gasteiger partial charge >= 0.3 is 0 Å². The van der Waals surface area contributed by atoms with Crippen LogP contribution < -0.4 is 9.47 Å². The number of benzene rings is 2. The lowest BCUT2D eigenvalue weighted by atomic mass is 10.0. The third-order valence-corrected chi connectivity index (χ3v) is 6.01. The molecule has 1 N–H and O–H groups in total. The minimum Gasteiger partial charge on any atom is -0.502 e. The molecule has 1 atom stereocenters. The van der Waals surface area contributed by atoms with Crippen LogP contribution >= 0.6 is 11.8 Å². The summed E-state index contributed by atoms with van der Waals surface area (Å²) in [6, 6.07) is 6.80. The lowest BCUT2D eigenvalue weighted by molar-refractivity contribution is 0.339. The van der Waals surface area contributed by atoms with Crippen LogP contribution in [0.25, 0.3) is 5.69 Å². The minimum atomic E-state index is -0.726. The number of fused-ring (bicyclic) bond motifs is 1. The van der Waals surface area contributed by atoms with Crippen LogP contribution in [0.5, 0.6) is 17.2 Å². The minimum absolute atomic E-state index is 0.0871. The van der Waals surface area contributed by atoms with E-state index in [-0.39, 0.29) is 28.2 Å². The molecule has 1 unspecified atom stereocenters. The number of aliphatic imine (C=N–C) groups is 1. The van der Waals surface area contributed by atoms with Crippen molar-refractivity contribution >= 4 is 22.6 Å². The second kappa shape index (κ2) is 7.64. The van der Waals surface area contributed by atoms with E-state index in [4.69, 9.17) is 9.47 Å². The van der Waals surface area contributed by atoms with Gasteiger partial charge in [0.25, 0.3) is 0 Å². The van der Waals surface area contributed by atoms with Crippen molar-refractivity contribution in [2.24, 2.45) is 4.99 Å². The number of aromatic hydroxyl groups is 1. The van der Waals surface area contributed by atoms with Gasteiger partial charge in [-0.2, -0.15) is 5.10 Å². The summed E-state index contributed by atoms with van der Waals surface area (Å²) in [7, 11) is 2.93. The number of hydrogen-bond donors (Lipinski definition) is 1. The third-order valence-electron chi connectivity index (χ3n) is 4.84. The van der Waals surface area contributed by atoms with Crippen LogP contribution in [0.4, 0.5) is 14.6 Å². The summed E-state index contributed by atoms with van der Waals surface area (Å²) in [5.74, 6) is -0.440. The van der Waals surface area contributed by atoms with Crippen LogP contribution in [0.1, 0.15) is 29.0 Å². The number of methoxy groups -OCH3 is 2. The highest BCUT2D eigenvalue weighted by atomic mass is 32.2. The molecule has 1 aliphatic rings. The first-order valence-electron chi connectivity index (χ1n) is 9.05. The molecule has 4 rings (SSSR count). The molecule has 0 radical (unpaired) electrons. The maximum absolute atomic E-state index is 14.5. The first-order valence-corrected chi connectivity index (χ1v) is 9.93. The van der Waals surface area contributed by atoms with E-state index in [9.17, 15) is 13.9 Å². The highest BCUT2D eigenvalue weighted by Crippen LogP contribution is 2.50. The molecule has 0 spiro atoms. The van der Waals surface area contributed by atoms with Gasteiger partial charge in [-0.15, -0.1) is 0 Å². The van der Waals surface area contributed by atoms with Gasteiger partial charge in [0.2, 0.25) is 5.75 Å². The van der Waals surface area contributed by atoms with E-state index in [1.54, 1.807) is 12.1 Å². The Morgan fingerprint density at radius 2 is 1.73 bits per heavy atom. The number of halogens is 2. The lowest BCUT2D eigenvalue weighted by Gasteiger charge is -2.23. The van der Waals surface area contributed by atoms with Crippen LogP contribution in [0.15, 0.2) is 35.3 Å². The molecule has 3 aromatic rings. The summed E-state index contributed by atoms with van der Waals surface area (Å²) in [6.07, 6.45) is 0. The molecular formula is C21H19F2N3O3S. The number of thioether (sulfide) groups is 1. The topological polar surface area (TPSA) is 68.9 Å². The Kier molecular flexibility index (Phi) is 5.15. The number of aryl methyl sites for hydroxylation is 1. The Hall–Kier alpha value is -3.07. The van der Waals surface area contributed by atoms with Gasteiger partial charge in [0, 0.05) is 11.6 Å². The molecule has 6 nitrogen and oxygen atoms in total. The van der Waals surface area contributed by atoms with Gasteiger partial charge in [-0.05, 0) is 43.7 Å². The second-order valence-corrected chi connectivity index (χ2v) is 8.03. The number of ether oxygens (including phenoxy) is 2. The van der Waals surface area contributed by atoms with Crippen molar-refractivity contribution in [1.82, 2.24) is 9.78 Å². The number of phenols is 1. The van der Waals surface area contributed by atoms with E-state index >= 15 is 0 Å². The zero-order valence-corrected chi connectivity index (χ0v) is 17.6. The molecule has 1 aliphatic heterocycles. The van der Waals surface area contributed by atoms with Gasteiger partial charge in [-0.3, -0.25) is 0 Å². The van der Waals surface area contributed by atoms with Crippen molar-refractivity contribution in [3.63, 3.8) is 0 Å². The van der Waals surface area contributed by atoms with Crippen LogP contribution in [0.2, 0.25) is 0 Å². The quantitative estimate of drug-likeness (QED) is 0.625. The average Bonchev–Trinajstić information content (AvgIpc) is 3.03. The smallest absolute Gasteiger partial charge is 0.200 e. The summed E-state index contributed by atoms with van der Waals surface area (Å²) in [6.45, 7) is 3.67. The molecule has 9 heteroatoms. The normalized spacial score (nSPS) is 15.5. The monoisotopic (exact) mass is 431 g/mol. The summed E-state index contributed by atoms with van der Waals surface area (Å²) < 4.78 is 39.8. The number of phenolic OH excluding ortho intramolecular Hbond substituents is 1. The third kappa shape index (κ3) is 3.28. The molecule has 0 fully saturated rings. The van der Waals surface area contributed by atoms with Crippen molar-refractivity contribution in [3.05, 3.63) is 58.8 Å². The fraction of sp³-hybridized carbons (Fsp3) is 0.238. The summed E-state index contributed by atoms with van der Waals surface area (Å²) >= 11 is 1.51. The molecule has 0 aliphatic carbocycles. The van der Waals surface area contributed by atoms with Gasteiger partial charge in [0.05, 0.1) is 30.2 Å². The molecule has 2 heterocycles. The van der Waals surface area contributed by atoms with Crippen LogP contribution in [-0.4, -0.2) is 34.2 Å². The molecule has 0 bridgehead atoms. The van der Waals surface area contributed by atoms with Crippen molar-refractivity contribution in [2.75, 3.05) is 14.2 Å². The number of nitrogens with zero attached hydrogens (tertiary/aromatic N) is 3. The molecule has 0 amide bonds. The second-order valence-electron chi connectivity index (χ2n) is 6.73. The zero-order valence-electron chi connectivity index (χ0n) is 16.7. The number of rotatable bonds is 4. The van der Waals surface area contributed by atoms with Crippen LogP contribution in [0.3, 0.4) is 0 Å². The number of hydrogen-bond acceptors (Lipinski definition) is 6. The van der Waals surface area contributed by atoms with E-state index in [0.29, 0.717) is 11.5 Å². The van der Waals surface area contributed by atoms with Crippen molar-refractivity contribution < 1.29 is 23.4 Å². The van der Waals surface area contributed by atoms with Crippen molar-refractivity contribution in [3.8, 4) is 22.9 Å². The average molecular weight is 431 g/mol. The van der Waals surface area contributed by atoms with E-state index in [2.05, 4.69) is 10.1 Å². The molecule has 1 aromatic heterocycles. The first kappa shape index (κ1) is 20.2. The summed E-state index contributed by atoms with van der Waals surface area (Å²) in [5, 5.41) is 15.3. The molecule has 0 saturated heterocycles. The molecule has 2 aromatic carbocycles. The Morgan fingerprint density at radius 3 is 2.33 bits per heavy atom. The largest absolute Gasteiger partial charge is 0.502 e. The standard InChI is InChI=1S/C21H19F2N3O3S/c1-10-18-20(12-7-16(28-3)19(27)17(8-12)29-4)30-11(2)24-21(18)26(25-10)15-6-5-13(22)9-14(15)23/h5-9,20,27H,1-4H3. The van der Waals surface area contributed by atoms with Gasteiger partial charge in [-0.25, -0.2) is 18.5 Å². The Labute approximate surface area is 176 Å². The van der Waals surface area contributed by atoms with Crippen LogP contribution in [0, 0.1) is 18.6 Å². The van der Waals surface area contributed by atoms with Gasteiger partial charge in [-0.1, -0.05) is 11.8 Å². The summed E-state index contributed by atoms with van der Waals surface area (Å²) in [5.41, 5.74) is 2.38. The fourth-order valence-corrected chi connectivity index (χ4v) is 4.61. The predicted octanol–water partition coefficient (Wildman–Crippen LogP) is 5.07. The highest BCUT2D eigenvalue weighted by Gasteiger charge is 2.32. The van der Waals surface area contributed by atoms with E-state index in [0.717, 1.165) is 22.2 Å². The first-order chi connectivity index (χ1) is 14.3. The van der Waals surface area contributed by atoms with Crippen molar-refractivity contribution in [2.45, 2.75) is 19.1 Å². The maximum Gasteiger partial charge on any atom is 0.200 e. The van der Waals surface area contributed by atoms with E-state index in [1.807, 2.05) is 13.8 Å². The zero-order chi connectivity index (χ0) is 21.6. The SMILES string of the molecule is COc1cc(C2SC(C)=Nc3c2c(C)nn3-c2ccc(F)cc2F)cc(OC)c1O. The van der Waals surface area contributed by atoms with E-state index < -0.39 is 11.6 Å². The van der Waals surface area contributed by atoms with Crippen LogP contribution in [-0.2, 0) is 0 Å². The fourth-order valence-electron chi connectivity index (χ4n) is 3.47. The Bertz CT molecular complexity index is 1150. The summed E-state index contributed by atoms with van der Waals surface area (Å²) in [4.78, 5) is 4.59. The Balaban J connectivity index is 1.91. The predicted molar refractivity (Wildman–Crippen MR) is 112 cm³/mol. The Morgan fingerprint density at radius 1 is 1.07 bits per heavy atom. The molecule has 30 heavy (non-hydrogen) atoms. The highest BCUT2D eigenvalue weighted by molar-refractivity contribution is 8.14.